The highest BCUT2D eigenvalue weighted by atomic mass is 32.1. The van der Waals surface area contributed by atoms with Crippen molar-refractivity contribution in [1.82, 2.24) is 4.90 Å². The van der Waals surface area contributed by atoms with Crippen LogP contribution in [0.2, 0.25) is 0 Å². The number of rotatable bonds is 9. The largest absolute Gasteiger partial charge is 0.393 e. The van der Waals surface area contributed by atoms with Crippen LogP contribution in [0.15, 0.2) is 0 Å². The van der Waals surface area contributed by atoms with E-state index in [0.717, 1.165) is 25.3 Å². The van der Waals surface area contributed by atoms with Gasteiger partial charge in [0.15, 0.2) is 0 Å². The average Bonchev–Trinajstić information content (AvgIpc) is 2.37. The molecule has 108 valence electrons. The molecule has 0 amide bonds. The fraction of sp³-hybridized carbons (Fsp3) is 1.00. The predicted octanol–water partition coefficient (Wildman–Crippen LogP) is 3.35. The second-order valence-electron chi connectivity index (χ2n) is 5.83. The number of hydrogen-bond acceptors (Lipinski definition) is 3. The fourth-order valence-electron chi connectivity index (χ4n) is 2.75. The zero-order valence-corrected chi connectivity index (χ0v) is 12.9. The topological polar surface area (TPSA) is 23.5 Å². The van der Waals surface area contributed by atoms with Crippen LogP contribution in [0.1, 0.15) is 58.3 Å². The van der Waals surface area contributed by atoms with E-state index >= 15 is 0 Å². The lowest BCUT2D eigenvalue weighted by molar-refractivity contribution is 0.0345. The number of likely N-dealkylation sites (tertiary alicyclic amines) is 1. The molecule has 3 heteroatoms. The minimum Gasteiger partial charge on any atom is -0.393 e. The Bertz CT molecular complexity index is 201. The summed E-state index contributed by atoms with van der Waals surface area (Å²) in [7, 11) is 0. The Morgan fingerprint density at radius 2 is 1.67 bits per heavy atom. The van der Waals surface area contributed by atoms with Gasteiger partial charge in [-0.25, -0.2) is 0 Å². The van der Waals surface area contributed by atoms with Crippen LogP contribution < -0.4 is 0 Å². The molecule has 1 heterocycles. The summed E-state index contributed by atoms with van der Waals surface area (Å²) in [6, 6.07) is 0. The zero-order chi connectivity index (χ0) is 13.2. The van der Waals surface area contributed by atoms with Crippen molar-refractivity contribution in [3.63, 3.8) is 0 Å². The minimum absolute atomic E-state index is 0.0620. The van der Waals surface area contributed by atoms with E-state index in [1.807, 2.05) is 0 Å². The summed E-state index contributed by atoms with van der Waals surface area (Å²) >= 11 is 4.23. The molecule has 0 aromatic rings. The lowest BCUT2D eigenvalue weighted by Gasteiger charge is -2.34. The number of piperidine rings is 1. The quantitative estimate of drug-likeness (QED) is 0.497. The van der Waals surface area contributed by atoms with E-state index in [9.17, 15) is 5.11 Å². The maximum absolute atomic E-state index is 9.68. The second-order valence-corrected chi connectivity index (χ2v) is 6.28. The Morgan fingerprint density at radius 3 is 2.28 bits per heavy atom. The minimum atomic E-state index is -0.0620. The summed E-state index contributed by atoms with van der Waals surface area (Å²) in [5, 5.41) is 9.68. The van der Waals surface area contributed by atoms with Gasteiger partial charge in [0.05, 0.1) is 6.10 Å². The van der Waals surface area contributed by atoms with Crippen molar-refractivity contribution in [2.45, 2.75) is 64.4 Å². The van der Waals surface area contributed by atoms with E-state index in [0.29, 0.717) is 5.92 Å². The number of thiol groups is 1. The van der Waals surface area contributed by atoms with E-state index in [-0.39, 0.29) is 6.10 Å². The SMILES string of the molecule is CC1CN(CCCCCCCCCS)CCC1O. The van der Waals surface area contributed by atoms with Gasteiger partial charge >= 0.3 is 0 Å². The van der Waals surface area contributed by atoms with Crippen molar-refractivity contribution in [2.75, 3.05) is 25.4 Å². The Hall–Kier alpha value is 0.270. The normalized spacial score (nSPS) is 25.5. The molecule has 1 saturated heterocycles. The first kappa shape index (κ1) is 16.3. The van der Waals surface area contributed by atoms with Crippen molar-refractivity contribution >= 4 is 12.6 Å². The smallest absolute Gasteiger partial charge is 0.0590 e. The summed E-state index contributed by atoms with van der Waals surface area (Å²) < 4.78 is 0. The van der Waals surface area contributed by atoms with Crippen LogP contribution in [0, 0.1) is 5.92 Å². The molecule has 2 nitrogen and oxygen atoms in total. The molecule has 1 rings (SSSR count). The van der Waals surface area contributed by atoms with Crippen molar-refractivity contribution < 1.29 is 5.11 Å². The van der Waals surface area contributed by atoms with Crippen LogP contribution in [-0.4, -0.2) is 41.5 Å². The van der Waals surface area contributed by atoms with E-state index < -0.39 is 0 Å². The van der Waals surface area contributed by atoms with Crippen LogP contribution in [0.4, 0.5) is 0 Å². The number of aliphatic hydroxyl groups excluding tert-OH is 1. The summed E-state index contributed by atoms with van der Waals surface area (Å²) in [5.74, 6) is 1.50. The highest BCUT2D eigenvalue weighted by Crippen LogP contribution is 2.17. The molecular formula is C15H31NOS. The van der Waals surface area contributed by atoms with Crippen LogP contribution >= 0.6 is 12.6 Å². The van der Waals surface area contributed by atoms with Gasteiger partial charge < -0.3 is 10.0 Å². The Balaban J connectivity index is 1.89. The molecule has 0 spiro atoms. The molecule has 1 fully saturated rings. The van der Waals surface area contributed by atoms with Crippen molar-refractivity contribution in [3.05, 3.63) is 0 Å². The first-order chi connectivity index (χ1) is 8.74. The molecule has 2 unspecified atom stereocenters. The van der Waals surface area contributed by atoms with Gasteiger partial charge in [-0.1, -0.05) is 39.0 Å². The Kier molecular flexibility index (Phi) is 9.16. The van der Waals surface area contributed by atoms with Crippen LogP contribution in [0.5, 0.6) is 0 Å². The molecule has 2 atom stereocenters. The third-order valence-corrected chi connectivity index (χ3v) is 4.39. The van der Waals surface area contributed by atoms with Crippen molar-refractivity contribution in [3.8, 4) is 0 Å². The van der Waals surface area contributed by atoms with E-state index in [1.165, 1.54) is 51.5 Å². The van der Waals surface area contributed by atoms with Gasteiger partial charge in [0.1, 0.15) is 0 Å². The monoisotopic (exact) mass is 273 g/mol. The number of hydrogen-bond donors (Lipinski definition) is 2. The van der Waals surface area contributed by atoms with Gasteiger partial charge in [-0.05, 0) is 37.5 Å². The van der Waals surface area contributed by atoms with Gasteiger partial charge in [0.2, 0.25) is 0 Å². The molecule has 0 bridgehead atoms. The lowest BCUT2D eigenvalue weighted by atomic mass is 9.96. The molecule has 0 saturated carbocycles. The molecule has 1 aliphatic heterocycles. The molecule has 0 aromatic heterocycles. The van der Waals surface area contributed by atoms with Gasteiger partial charge in [-0.2, -0.15) is 12.6 Å². The maximum atomic E-state index is 9.68. The zero-order valence-electron chi connectivity index (χ0n) is 12.0. The third kappa shape index (κ3) is 7.01. The van der Waals surface area contributed by atoms with Crippen molar-refractivity contribution in [2.24, 2.45) is 5.92 Å². The van der Waals surface area contributed by atoms with Gasteiger partial charge in [0, 0.05) is 13.1 Å². The maximum Gasteiger partial charge on any atom is 0.0590 e. The standard InChI is InChI=1S/C15H31NOS/c1-14-13-16(11-9-15(14)17)10-7-5-3-2-4-6-8-12-18/h14-15,17-18H,2-13H2,1H3. The van der Waals surface area contributed by atoms with Crippen LogP contribution in [0.3, 0.4) is 0 Å². The average molecular weight is 273 g/mol. The van der Waals surface area contributed by atoms with Gasteiger partial charge in [0.25, 0.3) is 0 Å². The molecule has 0 aliphatic carbocycles. The first-order valence-electron chi connectivity index (χ1n) is 7.75. The molecule has 1 N–H and O–H groups in total. The number of aliphatic hydroxyl groups is 1. The third-order valence-electron chi connectivity index (χ3n) is 4.08. The molecule has 1 aliphatic rings. The van der Waals surface area contributed by atoms with Crippen LogP contribution in [0.25, 0.3) is 0 Å². The second kappa shape index (κ2) is 10.1. The van der Waals surface area contributed by atoms with E-state index in [4.69, 9.17) is 0 Å². The number of unbranched alkanes of at least 4 members (excludes halogenated alkanes) is 6. The number of nitrogens with zero attached hydrogens (tertiary/aromatic N) is 1. The lowest BCUT2D eigenvalue weighted by Crippen LogP contribution is -2.42. The highest BCUT2D eigenvalue weighted by molar-refractivity contribution is 7.80. The Labute approximate surface area is 119 Å². The molecule has 0 aromatic carbocycles. The predicted molar refractivity (Wildman–Crippen MR) is 82.4 cm³/mol. The van der Waals surface area contributed by atoms with Crippen molar-refractivity contribution in [1.29, 1.82) is 0 Å². The van der Waals surface area contributed by atoms with Crippen LogP contribution in [-0.2, 0) is 0 Å². The molecule has 18 heavy (non-hydrogen) atoms. The first-order valence-corrected chi connectivity index (χ1v) is 8.38. The fourth-order valence-corrected chi connectivity index (χ4v) is 2.98. The summed E-state index contributed by atoms with van der Waals surface area (Å²) in [4.78, 5) is 2.53. The van der Waals surface area contributed by atoms with Gasteiger partial charge in [-0.3, -0.25) is 0 Å². The van der Waals surface area contributed by atoms with Gasteiger partial charge in [-0.15, -0.1) is 0 Å². The van der Waals surface area contributed by atoms with E-state index in [2.05, 4.69) is 24.5 Å². The van der Waals surface area contributed by atoms with E-state index in [1.54, 1.807) is 0 Å². The summed E-state index contributed by atoms with van der Waals surface area (Å²) in [5.41, 5.74) is 0. The molecule has 0 radical (unpaired) electrons. The summed E-state index contributed by atoms with van der Waals surface area (Å²) in [6.45, 7) is 5.57. The molecular weight excluding hydrogens is 242 g/mol. The Morgan fingerprint density at radius 1 is 1.06 bits per heavy atom. The summed E-state index contributed by atoms with van der Waals surface area (Å²) in [6.07, 6.45) is 10.4. The highest BCUT2D eigenvalue weighted by Gasteiger charge is 2.23.